The number of aromatic nitrogens is 2. The first kappa shape index (κ1) is 25.7. The number of aryl methyl sites for hydroxylation is 1. The van der Waals surface area contributed by atoms with Crippen LogP contribution in [0.4, 0.5) is 4.79 Å². The van der Waals surface area contributed by atoms with Crippen molar-refractivity contribution in [2.45, 2.75) is 71.3 Å². The number of benzene rings is 2. The molecule has 0 saturated carbocycles. The van der Waals surface area contributed by atoms with E-state index >= 15 is 0 Å². The lowest BCUT2D eigenvalue weighted by molar-refractivity contribution is -0.0368. The molecule has 0 aliphatic carbocycles. The summed E-state index contributed by atoms with van der Waals surface area (Å²) in [5, 5.41) is 16.0. The lowest BCUT2D eigenvalue weighted by Crippen LogP contribution is -2.36. The van der Waals surface area contributed by atoms with E-state index in [-0.39, 0.29) is 29.2 Å². The van der Waals surface area contributed by atoms with Gasteiger partial charge in [-0.05, 0) is 82.3 Å². The molecule has 1 aromatic heterocycles. The zero-order valence-electron chi connectivity index (χ0n) is 21.8. The Labute approximate surface area is 222 Å². The molecule has 2 fully saturated rings. The zero-order valence-corrected chi connectivity index (χ0v) is 22.5. The Balaban J connectivity index is 1.51. The van der Waals surface area contributed by atoms with Crippen LogP contribution in [0.3, 0.4) is 0 Å². The summed E-state index contributed by atoms with van der Waals surface area (Å²) in [7, 11) is 0. The van der Waals surface area contributed by atoms with Crippen molar-refractivity contribution in [2.24, 2.45) is 0 Å². The quantitative estimate of drug-likeness (QED) is 0.419. The monoisotopic (exact) mass is 527 g/mol. The van der Waals surface area contributed by atoms with Crippen molar-refractivity contribution in [3.05, 3.63) is 41.0 Å². The largest absolute Gasteiger partial charge is 0.506 e. The fraction of sp³-hybridized carbons (Fsp3) is 0.500. The number of phenolic OH excluding ortho intramolecular Hbond substituents is 1. The van der Waals surface area contributed by atoms with Gasteiger partial charge in [0.05, 0.1) is 28.2 Å². The molecule has 2 aliphatic heterocycles. The van der Waals surface area contributed by atoms with E-state index in [1.54, 1.807) is 17.0 Å². The van der Waals surface area contributed by atoms with Crippen LogP contribution in [0, 0.1) is 6.92 Å². The molecule has 9 heteroatoms. The topological polar surface area (TPSA) is 86.1 Å². The lowest BCUT2D eigenvalue weighted by atomic mass is 10.0. The Bertz CT molecular complexity index is 1310. The van der Waals surface area contributed by atoms with Crippen LogP contribution >= 0.6 is 11.6 Å². The van der Waals surface area contributed by atoms with E-state index in [1.165, 1.54) is 0 Å². The molecule has 37 heavy (non-hydrogen) atoms. The number of carbonyl (C=O) groups is 1. The van der Waals surface area contributed by atoms with Crippen molar-refractivity contribution >= 4 is 28.6 Å². The Morgan fingerprint density at radius 2 is 1.97 bits per heavy atom. The Morgan fingerprint density at radius 1 is 1.16 bits per heavy atom. The van der Waals surface area contributed by atoms with Crippen molar-refractivity contribution in [3.8, 4) is 22.6 Å². The minimum Gasteiger partial charge on any atom is -0.506 e. The van der Waals surface area contributed by atoms with E-state index in [4.69, 9.17) is 30.9 Å². The van der Waals surface area contributed by atoms with E-state index in [2.05, 4.69) is 6.07 Å². The molecule has 3 heterocycles. The highest BCUT2D eigenvalue weighted by Gasteiger charge is 2.32. The van der Waals surface area contributed by atoms with Gasteiger partial charge in [-0.2, -0.15) is 5.10 Å². The van der Waals surface area contributed by atoms with Gasteiger partial charge in [0, 0.05) is 19.6 Å². The van der Waals surface area contributed by atoms with Gasteiger partial charge < -0.3 is 24.2 Å². The lowest BCUT2D eigenvalue weighted by Gasteiger charge is -2.24. The second kappa shape index (κ2) is 10.1. The van der Waals surface area contributed by atoms with Crippen LogP contribution in [0.15, 0.2) is 30.3 Å². The summed E-state index contributed by atoms with van der Waals surface area (Å²) in [6.45, 7) is 9.31. The predicted octanol–water partition coefficient (Wildman–Crippen LogP) is 6.46. The highest BCUT2D eigenvalue weighted by Crippen LogP contribution is 2.39. The van der Waals surface area contributed by atoms with Crippen molar-refractivity contribution in [1.29, 1.82) is 0 Å². The Kier molecular flexibility index (Phi) is 6.98. The number of likely N-dealkylation sites (tertiary alicyclic amines) is 1. The van der Waals surface area contributed by atoms with Crippen LogP contribution < -0.4 is 4.74 Å². The molecule has 0 spiro atoms. The van der Waals surface area contributed by atoms with Gasteiger partial charge in [0.2, 0.25) is 0 Å². The highest BCUT2D eigenvalue weighted by atomic mass is 35.5. The summed E-state index contributed by atoms with van der Waals surface area (Å²) >= 11 is 6.24. The third-order valence-corrected chi connectivity index (χ3v) is 7.05. The molecular weight excluding hydrogens is 494 g/mol. The fourth-order valence-corrected chi connectivity index (χ4v) is 5.17. The Morgan fingerprint density at radius 3 is 2.68 bits per heavy atom. The number of nitrogens with zero attached hydrogens (tertiary/aromatic N) is 3. The van der Waals surface area contributed by atoms with E-state index < -0.39 is 5.60 Å². The predicted molar refractivity (Wildman–Crippen MR) is 142 cm³/mol. The molecule has 2 atom stereocenters. The third-order valence-electron chi connectivity index (χ3n) is 6.75. The molecule has 0 bridgehead atoms. The summed E-state index contributed by atoms with van der Waals surface area (Å²) in [5.74, 6) is 0.736. The van der Waals surface area contributed by atoms with Gasteiger partial charge in [-0.25, -0.2) is 9.48 Å². The van der Waals surface area contributed by atoms with Crippen molar-refractivity contribution in [2.75, 3.05) is 19.7 Å². The number of carbonyl (C=O) groups excluding carboxylic acids is 1. The number of halogens is 1. The first-order chi connectivity index (χ1) is 17.6. The van der Waals surface area contributed by atoms with Crippen LogP contribution in [0.25, 0.3) is 22.0 Å². The van der Waals surface area contributed by atoms with Crippen LogP contribution in [-0.4, -0.2) is 57.3 Å². The number of hydrogen-bond acceptors (Lipinski definition) is 6. The van der Waals surface area contributed by atoms with Crippen molar-refractivity contribution in [1.82, 2.24) is 14.7 Å². The third kappa shape index (κ3) is 5.50. The maximum absolute atomic E-state index is 12.6. The fourth-order valence-electron chi connectivity index (χ4n) is 4.99. The molecule has 1 unspecified atom stereocenters. The van der Waals surface area contributed by atoms with E-state index in [1.807, 2.05) is 44.5 Å². The molecule has 198 valence electrons. The average Bonchev–Trinajstić information content (AvgIpc) is 3.45. The van der Waals surface area contributed by atoms with Crippen LogP contribution in [0.5, 0.6) is 11.5 Å². The van der Waals surface area contributed by atoms with E-state index in [9.17, 15) is 9.90 Å². The first-order valence-electron chi connectivity index (χ1n) is 12.9. The molecule has 1 amide bonds. The standard InChI is InChI=1S/C28H34ClN3O5/c1-17-26-22(32(30-17)25-7-5-6-12-35-25)14-19(18-8-9-23(33)21(29)13-18)15-24(26)36-20-10-11-31(16-20)27(34)37-28(2,3)4/h8-9,13-15,20,25,33H,5-7,10-12,16H2,1-4H3/t20-,25?/m0/s1. The molecular formula is C28H34ClN3O5. The number of fused-ring (bicyclic) bond motifs is 1. The van der Waals surface area contributed by atoms with Gasteiger partial charge in [-0.15, -0.1) is 0 Å². The SMILES string of the molecule is Cc1nn(C2CCCCO2)c2cc(-c3ccc(O)c(Cl)c3)cc(O[C@H]3CCN(C(=O)OC(C)(C)C)C3)c12. The molecule has 5 rings (SSSR count). The van der Waals surface area contributed by atoms with E-state index in [0.717, 1.165) is 47.0 Å². The van der Waals surface area contributed by atoms with Crippen molar-refractivity contribution < 1.29 is 24.1 Å². The van der Waals surface area contributed by atoms with Gasteiger partial charge in [0.15, 0.2) is 6.23 Å². The van der Waals surface area contributed by atoms with Gasteiger partial charge in [-0.3, -0.25) is 0 Å². The summed E-state index contributed by atoms with van der Waals surface area (Å²) in [6.07, 6.45) is 3.10. The van der Waals surface area contributed by atoms with Gasteiger partial charge in [0.1, 0.15) is 23.2 Å². The van der Waals surface area contributed by atoms with Crippen LogP contribution in [0.1, 0.15) is 58.4 Å². The number of phenols is 1. The number of hydrogen-bond donors (Lipinski definition) is 1. The normalized spacial score (nSPS) is 20.4. The van der Waals surface area contributed by atoms with Crippen LogP contribution in [-0.2, 0) is 9.47 Å². The van der Waals surface area contributed by atoms with Gasteiger partial charge in [0.25, 0.3) is 0 Å². The minimum atomic E-state index is -0.547. The van der Waals surface area contributed by atoms with E-state index in [0.29, 0.717) is 31.9 Å². The summed E-state index contributed by atoms with van der Waals surface area (Å²) in [6, 6.07) is 9.22. The smallest absolute Gasteiger partial charge is 0.410 e. The summed E-state index contributed by atoms with van der Waals surface area (Å²) in [4.78, 5) is 14.3. The minimum absolute atomic E-state index is 0.0349. The average molecular weight is 528 g/mol. The van der Waals surface area contributed by atoms with Crippen molar-refractivity contribution in [3.63, 3.8) is 0 Å². The summed E-state index contributed by atoms with van der Waals surface area (Å²) in [5.41, 5.74) is 2.98. The van der Waals surface area contributed by atoms with Gasteiger partial charge in [-0.1, -0.05) is 17.7 Å². The maximum atomic E-state index is 12.6. The summed E-state index contributed by atoms with van der Waals surface area (Å²) < 4.78 is 20.1. The zero-order chi connectivity index (χ0) is 26.3. The second-order valence-corrected chi connectivity index (χ2v) is 11.2. The Hall–Kier alpha value is -2.97. The first-order valence-corrected chi connectivity index (χ1v) is 13.2. The molecule has 2 aliphatic rings. The molecule has 2 saturated heterocycles. The second-order valence-electron chi connectivity index (χ2n) is 10.8. The molecule has 0 radical (unpaired) electrons. The van der Waals surface area contributed by atoms with Crippen LogP contribution in [0.2, 0.25) is 5.02 Å². The molecule has 8 nitrogen and oxygen atoms in total. The molecule has 2 aromatic carbocycles. The number of rotatable bonds is 4. The number of amides is 1. The number of ether oxygens (including phenoxy) is 3. The molecule has 1 N–H and O–H groups in total. The molecule has 3 aromatic rings. The maximum Gasteiger partial charge on any atom is 0.410 e. The van der Waals surface area contributed by atoms with Gasteiger partial charge >= 0.3 is 6.09 Å². The number of aromatic hydroxyl groups is 1. The highest BCUT2D eigenvalue weighted by molar-refractivity contribution is 6.32.